The van der Waals surface area contributed by atoms with Crippen molar-refractivity contribution in [2.45, 2.75) is 27.3 Å². The molecule has 1 aromatic rings. The van der Waals surface area contributed by atoms with E-state index < -0.39 is 0 Å². The van der Waals surface area contributed by atoms with Crippen LogP contribution in [-0.2, 0) is 6.54 Å². The van der Waals surface area contributed by atoms with Gasteiger partial charge in [-0.05, 0) is 33.0 Å². The van der Waals surface area contributed by atoms with Gasteiger partial charge in [-0.2, -0.15) is 0 Å². The first-order valence-electron chi connectivity index (χ1n) is 5.60. The number of methoxy groups -OCH3 is 1. The lowest BCUT2D eigenvalue weighted by molar-refractivity contribution is 0.406. The summed E-state index contributed by atoms with van der Waals surface area (Å²) < 4.78 is 5.35. The Balaban J connectivity index is 2.75. The molecule has 0 bridgehead atoms. The van der Waals surface area contributed by atoms with E-state index in [4.69, 9.17) is 17.0 Å². The van der Waals surface area contributed by atoms with Gasteiger partial charge in [0.05, 0.1) is 19.3 Å². The van der Waals surface area contributed by atoms with Gasteiger partial charge in [-0.15, -0.1) is 0 Å². The van der Waals surface area contributed by atoms with E-state index in [0.29, 0.717) is 11.7 Å². The Morgan fingerprint density at radius 1 is 1.41 bits per heavy atom. The fourth-order valence-corrected chi connectivity index (χ4v) is 1.85. The van der Waals surface area contributed by atoms with Crippen LogP contribution in [0.2, 0.25) is 0 Å². The predicted molar refractivity (Wildman–Crippen MR) is 73.4 cm³/mol. The minimum atomic E-state index is 0.605. The van der Waals surface area contributed by atoms with Gasteiger partial charge < -0.3 is 15.4 Å². The molecule has 0 aliphatic heterocycles. The first kappa shape index (κ1) is 13.7. The zero-order valence-corrected chi connectivity index (χ0v) is 11.6. The number of nitrogens with one attached hydrogen (secondary N) is 2. The highest BCUT2D eigenvalue weighted by atomic mass is 32.1. The van der Waals surface area contributed by atoms with Gasteiger partial charge in [-0.3, -0.25) is 4.98 Å². The van der Waals surface area contributed by atoms with Crippen molar-refractivity contribution >= 4 is 17.3 Å². The molecule has 0 amide bonds. The molecule has 0 spiro atoms. The average molecular weight is 253 g/mol. The SMILES string of the molecule is CCNC(=S)NCc1ncc(C)c(OC)c1C. The highest BCUT2D eigenvalue weighted by Crippen LogP contribution is 2.23. The van der Waals surface area contributed by atoms with Gasteiger partial charge in [0.15, 0.2) is 5.11 Å². The Hall–Kier alpha value is -1.36. The Labute approximate surface area is 108 Å². The number of aromatic nitrogens is 1. The van der Waals surface area contributed by atoms with E-state index in [-0.39, 0.29) is 0 Å². The second-order valence-electron chi connectivity index (χ2n) is 3.76. The van der Waals surface area contributed by atoms with Gasteiger partial charge in [0, 0.05) is 23.9 Å². The van der Waals surface area contributed by atoms with Crippen LogP contribution in [0.3, 0.4) is 0 Å². The van der Waals surface area contributed by atoms with Gasteiger partial charge in [-0.1, -0.05) is 0 Å². The van der Waals surface area contributed by atoms with Gasteiger partial charge in [0.2, 0.25) is 0 Å². The van der Waals surface area contributed by atoms with Gasteiger partial charge in [-0.25, -0.2) is 0 Å². The first-order valence-corrected chi connectivity index (χ1v) is 6.01. The number of thiocarbonyl (C=S) groups is 1. The molecule has 0 atom stereocenters. The van der Waals surface area contributed by atoms with Crippen LogP contribution in [0.1, 0.15) is 23.7 Å². The van der Waals surface area contributed by atoms with E-state index in [2.05, 4.69) is 15.6 Å². The van der Waals surface area contributed by atoms with Crippen LogP contribution in [0.5, 0.6) is 5.75 Å². The quantitative estimate of drug-likeness (QED) is 0.800. The smallest absolute Gasteiger partial charge is 0.166 e. The van der Waals surface area contributed by atoms with Gasteiger partial charge in [0.25, 0.3) is 0 Å². The summed E-state index contributed by atoms with van der Waals surface area (Å²) in [5.74, 6) is 0.895. The topological polar surface area (TPSA) is 46.2 Å². The molecule has 0 aliphatic carbocycles. The van der Waals surface area contributed by atoms with E-state index in [1.165, 1.54) is 0 Å². The van der Waals surface area contributed by atoms with Crippen molar-refractivity contribution in [3.63, 3.8) is 0 Å². The molecule has 0 unspecified atom stereocenters. The molecule has 0 aliphatic rings. The zero-order chi connectivity index (χ0) is 12.8. The Kier molecular flexibility index (Phi) is 5.15. The lowest BCUT2D eigenvalue weighted by Gasteiger charge is -2.13. The third-order valence-electron chi connectivity index (χ3n) is 2.50. The number of ether oxygens (including phenoxy) is 1. The molecule has 4 nitrogen and oxygen atoms in total. The summed E-state index contributed by atoms with van der Waals surface area (Å²) in [4.78, 5) is 4.39. The minimum Gasteiger partial charge on any atom is -0.496 e. The second kappa shape index (κ2) is 6.39. The number of nitrogens with zero attached hydrogens (tertiary/aromatic N) is 1. The first-order chi connectivity index (χ1) is 8.10. The number of rotatable bonds is 4. The summed E-state index contributed by atoms with van der Waals surface area (Å²) in [6.45, 7) is 7.42. The molecule has 17 heavy (non-hydrogen) atoms. The molecule has 94 valence electrons. The fraction of sp³-hybridized carbons (Fsp3) is 0.500. The molecule has 0 aromatic carbocycles. The number of hydrogen-bond acceptors (Lipinski definition) is 3. The predicted octanol–water partition coefficient (Wildman–Crippen LogP) is 1.69. The average Bonchev–Trinajstić information content (AvgIpc) is 2.29. The summed E-state index contributed by atoms with van der Waals surface area (Å²) in [6, 6.07) is 0. The lowest BCUT2D eigenvalue weighted by Crippen LogP contribution is -2.34. The largest absolute Gasteiger partial charge is 0.496 e. The third-order valence-corrected chi connectivity index (χ3v) is 2.79. The minimum absolute atomic E-state index is 0.605. The monoisotopic (exact) mass is 253 g/mol. The highest BCUT2D eigenvalue weighted by molar-refractivity contribution is 7.80. The molecule has 0 fully saturated rings. The summed E-state index contributed by atoms with van der Waals surface area (Å²) in [7, 11) is 1.68. The van der Waals surface area contributed by atoms with Crippen molar-refractivity contribution in [1.82, 2.24) is 15.6 Å². The molecular weight excluding hydrogens is 234 g/mol. The molecule has 1 aromatic heterocycles. The third kappa shape index (κ3) is 3.56. The van der Waals surface area contributed by atoms with E-state index in [1.54, 1.807) is 7.11 Å². The lowest BCUT2D eigenvalue weighted by atomic mass is 10.1. The zero-order valence-electron chi connectivity index (χ0n) is 10.8. The summed E-state index contributed by atoms with van der Waals surface area (Å²) in [5.41, 5.74) is 3.05. The van der Waals surface area contributed by atoms with Crippen molar-refractivity contribution in [2.75, 3.05) is 13.7 Å². The highest BCUT2D eigenvalue weighted by Gasteiger charge is 2.09. The van der Waals surface area contributed by atoms with E-state index in [9.17, 15) is 0 Å². The van der Waals surface area contributed by atoms with Crippen LogP contribution < -0.4 is 15.4 Å². The summed E-state index contributed by atoms with van der Waals surface area (Å²) >= 11 is 5.10. The van der Waals surface area contributed by atoms with Crippen molar-refractivity contribution in [2.24, 2.45) is 0 Å². The van der Waals surface area contributed by atoms with Crippen LogP contribution in [0.15, 0.2) is 6.20 Å². The molecule has 5 heteroatoms. The van der Waals surface area contributed by atoms with Crippen LogP contribution >= 0.6 is 12.2 Å². The van der Waals surface area contributed by atoms with Gasteiger partial charge >= 0.3 is 0 Å². The molecule has 0 saturated carbocycles. The maximum Gasteiger partial charge on any atom is 0.166 e. The van der Waals surface area contributed by atoms with Crippen molar-refractivity contribution < 1.29 is 4.74 Å². The normalized spacial score (nSPS) is 9.88. The van der Waals surface area contributed by atoms with Crippen LogP contribution in [0, 0.1) is 13.8 Å². The standard InChI is InChI=1S/C12H19N3OS/c1-5-13-12(17)15-7-10-9(3)11(16-4)8(2)6-14-10/h6H,5,7H2,1-4H3,(H2,13,15,17). The Morgan fingerprint density at radius 3 is 2.71 bits per heavy atom. The maximum atomic E-state index is 5.35. The van der Waals surface area contributed by atoms with Crippen molar-refractivity contribution in [3.8, 4) is 5.75 Å². The molecule has 0 radical (unpaired) electrons. The maximum absolute atomic E-state index is 5.35. The van der Waals surface area contributed by atoms with Crippen LogP contribution in [0.25, 0.3) is 0 Å². The second-order valence-corrected chi connectivity index (χ2v) is 4.17. The van der Waals surface area contributed by atoms with Crippen LogP contribution in [-0.4, -0.2) is 23.8 Å². The Morgan fingerprint density at radius 2 is 2.12 bits per heavy atom. The molecule has 2 N–H and O–H groups in total. The Bertz CT molecular complexity index is 407. The molecular formula is C12H19N3OS. The number of pyridine rings is 1. The van der Waals surface area contributed by atoms with Gasteiger partial charge in [0.1, 0.15) is 5.75 Å². The van der Waals surface area contributed by atoms with Crippen molar-refractivity contribution in [1.29, 1.82) is 0 Å². The van der Waals surface area contributed by atoms with E-state index in [1.807, 2.05) is 27.0 Å². The van der Waals surface area contributed by atoms with Crippen molar-refractivity contribution in [3.05, 3.63) is 23.0 Å². The fourth-order valence-electron chi connectivity index (χ4n) is 1.64. The van der Waals surface area contributed by atoms with Crippen LogP contribution in [0.4, 0.5) is 0 Å². The summed E-state index contributed by atoms with van der Waals surface area (Å²) in [5, 5.41) is 6.80. The molecule has 1 rings (SSSR count). The summed E-state index contributed by atoms with van der Waals surface area (Å²) in [6.07, 6.45) is 1.82. The number of aryl methyl sites for hydroxylation is 1. The molecule has 0 saturated heterocycles. The molecule has 1 heterocycles. The number of hydrogen-bond donors (Lipinski definition) is 2. The van der Waals surface area contributed by atoms with E-state index >= 15 is 0 Å². The van der Waals surface area contributed by atoms with E-state index in [0.717, 1.165) is 29.1 Å².